The van der Waals surface area contributed by atoms with E-state index in [4.69, 9.17) is 9.29 Å². The van der Waals surface area contributed by atoms with E-state index in [-0.39, 0.29) is 10.8 Å². The number of hydrogen-bond donors (Lipinski definition) is 2. The summed E-state index contributed by atoms with van der Waals surface area (Å²) in [5.74, 6) is 0. The Bertz CT molecular complexity index is 369. The van der Waals surface area contributed by atoms with Crippen LogP contribution < -0.4 is 0 Å². The molecule has 0 saturated carbocycles. The van der Waals surface area contributed by atoms with E-state index in [1.165, 1.54) is 7.11 Å². The van der Waals surface area contributed by atoms with E-state index in [0.717, 1.165) is 11.3 Å². The van der Waals surface area contributed by atoms with Gasteiger partial charge < -0.3 is 14.4 Å². The Morgan fingerprint density at radius 1 is 1.60 bits per heavy atom. The Morgan fingerprint density at radius 3 is 2.60 bits per heavy atom. The van der Waals surface area contributed by atoms with Crippen LogP contribution in [0.1, 0.15) is 24.5 Å². The summed E-state index contributed by atoms with van der Waals surface area (Å²) in [6.07, 6.45) is 0. The van der Waals surface area contributed by atoms with Crippen molar-refractivity contribution in [2.24, 2.45) is 0 Å². The summed E-state index contributed by atoms with van der Waals surface area (Å²) in [6.45, 7) is 3.31. The molecular formula is C8H13NO4S2. The number of methoxy groups -OCH3 is 1. The van der Waals surface area contributed by atoms with Gasteiger partial charge >= 0.3 is 0 Å². The SMILES string of the molecule is COCc1nc(C(C)(C)O)sc1S(=O)O. The lowest BCUT2D eigenvalue weighted by Gasteiger charge is -2.12. The number of rotatable bonds is 4. The predicted octanol–water partition coefficient (Wildman–Crippen LogP) is 1.10. The summed E-state index contributed by atoms with van der Waals surface area (Å²) in [7, 11) is 1.48. The summed E-state index contributed by atoms with van der Waals surface area (Å²) < 4.78 is 25.1. The van der Waals surface area contributed by atoms with Gasteiger partial charge in [0.25, 0.3) is 0 Å². The van der Waals surface area contributed by atoms with E-state index in [1.54, 1.807) is 13.8 Å². The molecule has 15 heavy (non-hydrogen) atoms. The summed E-state index contributed by atoms with van der Waals surface area (Å²) in [4.78, 5) is 4.08. The van der Waals surface area contributed by atoms with Crippen molar-refractivity contribution >= 4 is 22.4 Å². The predicted molar refractivity (Wildman–Crippen MR) is 57.1 cm³/mol. The fourth-order valence-corrected chi connectivity index (χ4v) is 2.60. The second-order valence-corrected chi connectivity index (χ2v) is 5.66. The van der Waals surface area contributed by atoms with Crippen LogP contribution in [-0.2, 0) is 28.0 Å². The third kappa shape index (κ3) is 3.05. The van der Waals surface area contributed by atoms with Gasteiger partial charge in [-0.2, -0.15) is 0 Å². The highest BCUT2D eigenvalue weighted by Gasteiger charge is 2.25. The van der Waals surface area contributed by atoms with E-state index in [0.29, 0.717) is 10.7 Å². The molecule has 1 unspecified atom stereocenters. The molecule has 0 aliphatic carbocycles. The topological polar surface area (TPSA) is 79.7 Å². The van der Waals surface area contributed by atoms with Gasteiger partial charge in [0.2, 0.25) is 0 Å². The van der Waals surface area contributed by atoms with E-state index < -0.39 is 16.7 Å². The van der Waals surface area contributed by atoms with Gasteiger partial charge in [0.1, 0.15) is 14.8 Å². The average molecular weight is 251 g/mol. The van der Waals surface area contributed by atoms with Crippen molar-refractivity contribution in [2.45, 2.75) is 30.3 Å². The highest BCUT2D eigenvalue weighted by atomic mass is 32.2. The standard InChI is InChI=1S/C8H13NO4S2/c1-8(2,10)7-9-5(4-13-3)6(14-7)15(11)12/h10H,4H2,1-3H3,(H,11,12). The first-order valence-electron chi connectivity index (χ1n) is 4.18. The molecule has 1 aromatic rings. The van der Waals surface area contributed by atoms with Gasteiger partial charge in [0.05, 0.1) is 12.3 Å². The molecule has 1 rings (SSSR count). The lowest BCUT2D eigenvalue weighted by Crippen LogP contribution is -2.15. The molecule has 0 fully saturated rings. The van der Waals surface area contributed by atoms with Crippen molar-refractivity contribution in [3.8, 4) is 0 Å². The van der Waals surface area contributed by atoms with Gasteiger partial charge in [-0.05, 0) is 13.8 Å². The molecule has 0 amide bonds. The smallest absolute Gasteiger partial charge is 0.198 e. The van der Waals surface area contributed by atoms with Crippen LogP contribution in [0, 0.1) is 0 Å². The van der Waals surface area contributed by atoms with Gasteiger partial charge in [0, 0.05) is 7.11 Å². The maximum atomic E-state index is 11.0. The minimum absolute atomic E-state index is 0.161. The highest BCUT2D eigenvalue weighted by Crippen LogP contribution is 2.29. The van der Waals surface area contributed by atoms with Crippen LogP contribution in [0.3, 0.4) is 0 Å². The molecule has 1 aromatic heterocycles. The quantitative estimate of drug-likeness (QED) is 0.783. The normalized spacial score (nSPS) is 14.2. The maximum Gasteiger partial charge on any atom is 0.198 e. The number of aromatic nitrogens is 1. The fraction of sp³-hybridized carbons (Fsp3) is 0.625. The van der Waals surface area contributed by atoms with Gasteiger partial charge in [0.15, 0.2) is 11.1 Å². The van der Waals surface area contributed by atoms with Crippen molar-refractivity contribution in [3.05, 3.63) is 10.7 Å². The van der Waals surface area contributed by atoms with Crippen molar-refractivity contribution in [3.63, 3.8) is 0 Å². The van der Waals surface area contributed by atoms with Gasteiger partial charge in [-0.3, -0.25) is 0 Å². The molecule has 0 spiro atoms. The monoisotopic (exact) mass is 251 g/mol. The van der Waals surface area contributed by atoms with Gasteiger partial charge in [-0.15, -0.1) is 11.3 Å². The minimum atomic E-state index is -2.09. The van der Waals surface area contributed by atoms with Crippen LogP contribution in [-0.4, -0.2) is 26.0 Å². The minimum Gasteiger partial charge on any atom is -0.383 e. The molecule has 0 bridgehead atoms. The van der Waals surface area contributed by atoms with Crippen molar-refractivity contribution < 1.29 is 18.6 Å². The van der Waals surface area contributed by atoms with Gasteiger partial charge in [-0.1, -0.05) is 0 Å². The number of thiazole rings is 1. The van der Waals surface area contributed by atoms with Crippen LogP contribution in [0.5, 0.6) is 0 Å². The largest absolute Gasteiger partial charge is 0.383 e. The molecule has 1 heterocycles. The molecular weight excluding hydrogens is 238 g/mol. The first-order valence-corrected chi connectivity index (χ1v) is 6.11. The molecule has 0 radical (unpaired) electrons. The highest BCUT2D eigenvalue weighted by molar-refractivity contribution is 7.81. The van der Waals surface area contributed by atoms with E-state index >= 15 is 0 Å². The molecule has 2 N–H and O–H groups in total. The Balaban J connectivity index is 3.15. The third-order valence-electron chi connectivity index (χ3n) is 1.62. The van der Waals surface area contributed by atoms with Crippen LogP contribution in [0.15, 0.2) is 4.21 Å². The van der Waals surface area contributed by atoms with Crippen molar-refractivity contribution in [1.29, 1.82) is 0 Å². The fourth-order valence-electron chi connectivity index (χ4n) is 0.964. The van der Waals surface area contributed by atoms with Crippen LogP contribution >= 0.6 is 11.3 Å². The lowest BCUT2D eigenvalue weighted by molar-refractivity contribution is 0.0776. The van der Waals surface area contributed by atoms with Crippen molar-refractivity contribution in [1.82, 2.24) is 4.98 Å². The second kappa shape index (κ2) is 4.67. The molecule has 0 aliphatic rings. The van der Waals surface area contributed by atoms with Crippen LogP contribution in [0.2, 0.25) is 0 Å². The number of nitrogens with zero attached hydrogens (tertiary/aromatic N) is 1. The number of hydrogen-bond acceptors (Lipinski definition) is 5. The maximum absolute atomic E-state index is 11.0. The van der Waals surface area contributed by atoms with Gasteiger partial charge in [-0.25, -0.2) is 9.19 Å². The summed E-state index contributed by atoms with van der Waals surface area (Å²) in [5, 5.41) is 10.1. The Hall–Kier alpha value is -0.340. The van der Waals surface area contributed by atoms with Crippen molar-refractivity contribution in [2.75, 3.05) is 7.11 Å². The number of aliphatic hydroxyl groups is 1. The molecule has 5 nitrogen and oxygen atoms in total. The molecule has 0 aromatic carbocycles. The summed E-state index contributed by atoms with van der Waals surface area (Å²) >= 11 is -1.07. The van der Waals surface area contributed by atoms with E-state index in [9.17, 15) is 9.32 Å². The zero-order valence-electron chi connectivity index (χ0n) is 8.68. The first-order chi connectivity index (χ1) is 6.86. The first kappa shape index (κ1) is 12.7. The van der Waals surface area contributed by atoms with Crippen LogP contribution in [0.25, 0.3) is 0 Å². The lowest BCUT2D eigenvalue weighted by atomic mass is 10.2. The molecule has 1 atom stereocenters. The molecule has 0 aliphatic heterocycles. The number of ether oxygens (including phenoxy) is 1. The van der Waals surface area contributed by atoms with E-state index in [2.05, 4.69) is 4.98 Å². The third-order valence-corrected chi connectivity index (χ3v) is 4.06. The molecule has 86 valence electrons. The second-order valence-electron chi connectivity index (χ2n) is 3.49. The van der Waals surface area contributed by atoms with Crippen LogP contribution in [0.4, 0.5) is 0 Å². The Morgan fingerprint density at radius 2 is 2.20 bits per heavy atom. The summed E-state index contributed by atoms with van der Waals surface area (Å²) in [5.41, 5.74) is -0.703. The average Bonchev–Trinajstić information content (AvgIpc) is 2.48. The Kier molecular flexibility index (Phi) is 3.96. The zero-order chi connectivity index (χ0) is 11.6. The molecule has 0 saturated heterocycles. The Labute approximate surface area is 94.4 Å². The zero-order valence-corrected chi connectivity index (χ0v) is 10.3. The van der Waals surface area contributed by atoms with E-state index in [1.807, 2.05) is 0 Å². The summed E-state index contributed by atoms with van der Waals surface area (Å²) in [6, 6.07) is 0. The molecule has 7 heteroatoms.